The number of ether oxygens (including phenoxy) is 1. The number of thiocarbonyl (C=S) groups is 1. The zero-order chi connectivity index (χ0) is 15.7. The maximum absolute atomic E-state index is 11.4. The van der Waals surface area contributed by atoms with Crippen molar-refractivity contribution in [2.75, 3.05) is 13.1 Å². The van der Waals surface area contributed by atoms with Gasteiger partial charge in [-0.3, -0.25) is 4.98 Å². The Morgan fingerprint density at radius 3 is 2.57 bits per heavy atom. The molecule has 0 fully saturated rings. The first kappa shape index (κ1) is 17.2. The zero-order valence-electron chi connectivity index (χ0n) is 12.6. The van der Waals surface area contributed by atoms with Crippen LogP contribution in [0.15, 0.2) is 24.4 Å². The minimum absolute atomic E-state index is 0.431. The smallest absolute Gasteiger partial charge is 0.407 e. The molecule has 0 saturated carbocycles. The van der Waals surface area contributed by atoms with E-state index in [4.69, 9.17) is 17.0 Å². The van der Waals surface area contributed by atoms with Crippen LogP contribution in [-0.4, -0.2) is 34.9 Å². The molecule has 0 unspecified atom stereocenters. The predicted molar refractivity (Wildman–Crippen MR) is 85.9 cm³/mol. The van der Waals surface area contributed by atoms with Crippen LogP contribution in [0.3, 0.4) is 0 Å². The molecule has 0 aliphatic rings. The maximum atomic E-state index is 11.4. The van der Waals surface area contributed by atoms with Gasteiger partial charge in [0.05, 0.1) is 12.2 Å². The van der Waals surface area contributed by atoms with Crippen molar-refractivity contribution in [3.8, 4) is 0 Å². The summed E-state index contributed by atoms with van der Waals surface area (Å²) in [6.07, 6.45) is 1.30. The van der Waals surface area contributed by atoms with Crippen LogP contribution in [0, 0.1) is 0 Å². The quantitative estimate of drug-likeness (QED) is 0.566. The Bertz CT molecular complexity index is 460. The van der Waals surface area contributed by atoms with E-state index in [0.717, 1.165) is 5.69 Å². The molecule has 0 radical (unpaired) electrons. The Kier molecular flexibility index (Phi) is 6.87. The number of nitrogens with zero attached hydrogens (tertiary/aromatic N) is 1. The zero-order valence-corrected chi connectivity index (χ0v) is 13.4. The van der Waals surface area contributed by atoms with E-state index in [0.29, 0.717) is 24.7 Å². The lowest BCUT2D eigenvalue weighted by molar-refractivity contribution is 0.0529. The van der Waals surface area contributed by atoms with E-state index in [-0.39, 0.29) is 0 Å². The Hall–Kier alpha value is -1.89. The summed E-state index contributed by atoms with van der Waals surface area (Å²) in [5.41, 5.74) is 0.422. The number of hydrogen-bond donors (Lipinski definition) is 3. The molecule has 0 atom stereocenters. The molecule has 6 nitrogen and oxygen atoms in total. The fourth-order valence-electron chi connectivity index (χ4n) is 1.39. The first-order chi connectivity index (χ1) is 9.87. The Morgan fingerprint density at radius 1 is 1.24 bits per heavy atom. The molecule has 7 heteroatoms. The van der Waals surface area contributed by atoms with Gasteiger partial charge in [-0.05, 0) is 45.1 Å². The number of alkyl carbamates (subject to hydrolysis) is 1. The number of amides is 1. The van der Waals surface area contributed by atoms with Crippen LogP contribution in [0.2, 0.25) is 0 Å². The van der Waals surface area contributed by atoms with E-state index >= 15 is 0 Å². The van der Waals surface area contributed by atoms with Gasteiger partial charge in [-0.2, -0.15) is 0 Å². The van der Waals surface area contributed by atoms with Crippen molar-refractivity contribution >= 4 is 23.4 Å². The minimum atomic E-state index is -0.489. The van der Waals surface area contributed by atoms with Gasteiger partial charge in [-0.25, -0.2) is 4.79 Å². The summed E-state index contributed by atoms with van der Waals surface area (Å²) in [7, 11) is 0. The molecular weight excluding hydrogens is 288 g/mol. The molecular formula is C14H22N4O2S. The molecule has 0 aliphatic carbocycles. The Morgan fingerprint density at radius 2 is 1.95 bits per heavy atom. The topological polar surface area (TPSA) is 75.3 Å². The van der Waals surface area contributed by atoms with E-state index in [1.54, 1.807) is 6.20 Å². The third-order valence-corrected chi connectivity index (χ3v) is 2.52. The summed E-state index contributed by atoms with van der Waals surface area (Å²) < 4.78 is 5.12. The summed E-state index contributed by atoms with van der Waals surface area (Å²) in [5, 5.41) is 9.20. The van der Waals surface area contributed by atoms with E-state index in [1.807, 2.05) is 39.0 Å². The molecule has 116 valence electrons. The monoisotopic (exact) mass is 310 g/mol. The van der Waals surface area contributed by atoms with Gasteiger partial charge >= 0.3 is 6.09 Å². The van der Waals surface area contributed by atoms with Gasteiger partial charge in [-0.15, -0.1) is 0 Å². The van der Waals surface area contributed by atoms with E-state index < -0.39 is 11.7 Å². The highest BCUT2D eigenvalue weighted by Crippen LogP contribution is 2.05. The standard InChI is InChI=1S/C14H22N4O2S/c1-14(2,3)20-13(19)17-9-8-16-12(21)18-10-11-6-4-5-7-15-11/h4-7H,8-10H2,1-3H3,(H,17,19)(H2,16,18,21). The van der Waals surface area contributed by atoms with Gasteiger partial charge < -0.3 is 20.7 Å². The lowest BCUT2D eigenvalue weighted by atomic mass is 10.2. The van der Waals surface area contributed by atoms with Crippen molar-refractivity contribution in [1.82, 2.24) is 20.9 Å². The molecule has 0 spiro atoms. The number of hydrogen-bond acceptors (Lipinski definition) is 4. The predicted octanol–water partition coefficient (Wildman–Crippen LogP) is 1.57. The summed E-state index contributed by atoms with van der Waals surface area (Å²) in [6, 6.07) is 5.70. The third kappa shape index (κ3) is 8.80. The van der Waals surface area contributed by atoms with Gasteiger partial charge in [0.15, 0.2) is 5.11 Å². The van der Waals surface area contributed by atoms with Crippen molar-refractivity contribution in [2.24, 2.45) is 0 Å². The number of aromatic nitrogens is 1. The fraction of sp³-hybridized carbons (Fsp3) is 0.500. The largest absolute Gasteiger partial charge is 0.444 e. The van der Waals surface area contributed by atoms with Crippen LogP contribution >= 0.6 is 12.2 Å². The lowest BCUT2D eigenvalue weighted by Gasteiger charge is -2.19. The van der Waals surface area contributed by atoms with Crippen molar-refractivity contribution < 1.29 is 9.53 Å². The highest BCUT2D eigenvalue weighted by Gasteiger charge is 2.15. The van der Waals surface area contributed by atoms with Gasteiger partial charge in [0.2, 0.25) is 0 Å². The number of carbonyl (C=O) groups is 1. The van der Waals surface area contributed by atoms with Gasteiger partial charge in [0.25, 0.3) is 0 Å². The Labute approximate surface area is 130 Å². The number of carbonyl (C=O) groups excluding carboxylic acids is 1. The van der Waals surface area contributed by atoms with Crippen molar-refractivity contribution in [1.29, 1.82) is 0 Å². The van der Waals surface area contributed by atoms with Gasteiger partial charge in [-0.1, -0.05) is 6.07 Å². The van der Waals surface area contributed by atoms with Crippen LogP contribution in [0.4, 0.5) is 4.79 Å². The second-order valence-electron chi connectivity index (χ2n) is 5.36. The average Bonchev–Trinajstić information content (AvgIpc) is 2.40. The van der Waals surface area contributed by atoms with Crippen LogP contribution in [-0.2, 0) is 11.3 Å². The second kappa shape index (κ2) is 8.41. The summed E-state index contributed by atoms with van der Waals surface area (Å²) in [5.74, 6) is 0. The number of rotatable bonds is 5. The van der Waals surface area contributed by atoms with E-state index in [1.165, 1.54) is 0 Å². The van der Waals surface area contributed by atoms with Gasteiger partial charge in [0, 0.05) is 19.3 Å². The molecule has 1 aromatic rings. The van der Waals surface area contributed by atoms with Crippen LogP contribution < -0.4 is 16.0 Å². The number of pyridine rings is 1. The lowest BCUT2D eigenvalue weighted by Crippen LogP contribution is -2.41. The first-order valence-corrected chi connectivity index (χ1v) is 7.16. The highest BCUT2D eigenvalue weighted by atomic mass is 32.1. The SMILES string of the molecule is CC(C)(C)OC(=O)NCCNC(=S)NCc1ccccn1. The molecule has 1 amide bonds. The van der Waals surface area contributed by atoms with Crippen molar-refractivity contribution in [3.63, 3.8) is 0 Å². The maximum Gasteiger partial charge on any atom is 0.407 e. The highest BCUT2D eigenvalue weighted by molar-refractivity contribution is 7.80. The molecule has 1 heterocycles. The summed E-state index contributed by atoms with van der Waals surface area (Å²) in [4.78, 5) is 15.6. The van der Waals surface area contributed by atoms with Crippen LogP contribution in [0.1, 0.15) is 26.5 Å². The van der Waals surface area contributed by atoms with Crippen LogP contribution in [0.5, 0.6) is 0 Å². The van der Waals surface area contributed by atoms with Crippen molar-refractivity contribution in [2.45, 2.75) is 32.9 Å². The molecule has 21 heavy (non-hydrogen) atoms. The molecule has 0 saturated heterocycles. The minimum Gasteiger partial charge on any atom is -0.444 e. The molecule has 0 bridgehead atoms. The molecule has 0 aromatic carbocycles. The summed E-state index contributed by atoms with van der Waals surface area (Å²) >= 11 is 5.13. The molecule has 1 rings (SSSR count). The molecule has 0 aliphatic heterocycles. The van der Waals surface area contributed by atoms with E-state index in [9.17, 15) is 4.79 Å². The normalized spacial score (nSPS) is 10.6. The Balaban J connectivity index is 2.10. The summed E-state index contributed by atoms with van der Waals surface area (Å²) in [6.45, 7) is 6.98. The second-order valence-corrected chi connectivity index (χ2v) is 5.77. The number of nitrogens with one attached hydrogen (secondary N) is 3. The fourth-order valence-corrected chi connectivity index (χ4v) is 1.57. The molecule has 1 aromatic heterocycles. The average molecular weight is 310 g/mol. The van der Waals surface area contributed by atoms with Crippen LogP contribution in [0.25, 0.3) is 0 Å². The third-order valence-electron chi connectivity index (χ3n) is 2.23. The molecule has 3 N–H and O–H groups in total. The van der Waals surface area contributed by atoms with Gasteiger partial charge in [0.1, 0.15) is 5.60 Å². The van der Waals surface area contributed by atoms with Crippen molar-refractivity contribution in [3.05, 3.63) is 30.1 Å². The van der Waals surface area contributed by atoms with E-state index in [2.05, 4.69) is 20.9 Å². The first-order valence-electron chi connectivity index (χ1n) is 6.75.